The minimum Gasteiger partial charge on any atom is -0.479 e. The van der Waals surface area contributed by atoms with Gasteiger partial charge in [0.2, 0.25) is 5.91 Å². The monoisotopic (exact) mass is 338 g/mol. The number of aryl methyl sites for hydroxylation is 2. The highest BCUT2D eigenvalue weighted by Gasteiger charge is 2.24. The highest BCUT2D eigenvalue weighted by molar-refractivity contribution is 7.09. The number of nitrogens with zero attached hydrogens (tertiary/aromatic N) is 1. The van der Waals surface area contributed by atoms with Gasteiger partial charge in [-0.2, -0.15) is 0 Å². The smallest absolute Gasteiger partial charge is 0.330 e. The number of benzene rings is 1. The second kappa shape index (κ2) is 7.38. The minimum atomic E-state index is -1.15. The number of halogens is 1. The van der Waals surface area contributed by atoms with E-state index in [0.717, 1.165) is 10.6 Å². The van der Waals surface area contributed by atoms with Crippen molar-refractivity contribution in [2.24, 2.45) is 0 Å². The molecule has 22 heavy (non-hydrogen) atoms. The Balaban J connectivity index is 2.02. The van der Waals surface area contributed by atoms with Gasteiger partial charge in [0.05, 0.1) is 11.2 Å². The van der Waals surface area contributed by atoms with Gasteiger partial charge in [-0.25, -0.2) is 9.78 Å². The maximum absolute atomic E-state index is 12.0. The SMILES string of the molecule is Cc1ncsc1CCC(=O)N[C@H](C(=O)O)c1ccccc1Cl. The molecular weight excluding hydrogens is 324 g/mol. The van der Waals surface area contributed by atoms with Crippen molar-refractivity contribution in [1.82, 2.24) is 10.3 Å². The number of amides is 1. The molecule has 1 aromatic heterocycles. The van der Waals surface area contributed by atoms with Gasteiger partial charge in [-0.1, -0.05) is 29.8 Å². The van der Waals surface area contributed by atoms with Crippen LogP contribution in [0.1, 0.15) is 28.6 Å². The molecule has 0 spiro atoms. The van der Waals surface area contributed by atoms with Gasteiger partial charge in [0, 0.05) is 21.9 Å². The number of carbonyl (C=O) groups is 2. The molecule has 0 bridgehead atoms. The van der Waals surface area contributed by atoms with E-state index in [2.05, 4.69) is 10.3 Å². The van der Waals surface area contributed by atoms with Crippen molar-refractivity contribution >= 4 is 34.8 Å². The van der Waals surface area contributed by atoms with Gasteiger partial charge in [-0.3, -0.25) is 4.79 Å². The molecule has 2 rings (SSSR count). The number of hydrogen-bond donors (Lipinski definition) is 2. The van der Waals surface area contributed by atoms with Crippen LogP contribution in [0.5, 0.6) is 0 Å². The van der Waals surface area contributed by atoms with Gasteiger partial charge in [-0.15, -0.1) is 11.3 Å². The summed E-state index contributed by atoms with van der Waals surface area (Å²) in [5, 5.41) is 12.1. The van der Waals surface area contributed by atoms with Crippen LogP contribution in [0.4, 0.5) is 0 Å². The van der Waals surface area contributed by atoms with Crippen LogP contribution in [-0.2, 0) is 16.0 Å². The Morgan fingerprint density at radius 2 is 2.14 bits per heavy atom. The van der Waals surface area contributed by atoms with Crippen LogP contribution in [0.2, 0.25) is 5.02 Å². The Hall–Kier alpha value is -1.92. The maximum atomic E-state index is 12.0. The Morgan fingerprint density at radius 3 is 2.73 bits per heavy atom. The Bertz CT molecular complexity index is 687. The first-order valence-corrected chi connectivity index (χ1v) is 7.90. The molecule has 1 amide bonds. The molecule has 2 N–H and O–H groups in total. The Morgan fingerprint density at radius 1 is 1.41 bits per heavy atom. The zero-order chi connectivity index (χ0) is 16.1. The second-order valence-corrected chi connectivity index (χ2v) is 6.07. The fourth-order valence-electron chi connectivity index (χ4n) is 2.01. The van der Waals surface area contributed by atoms with Crippen LogP contribution in [0.3, 0.4) is 0 Å². The number of carbonyl (C=O) groups excluding carboxylic acids is 1. The van der Waals surface area contributed by atoms with Crippen molar-refractivity contribution in [2.75, 3.05) is 0 Å². The molecule has 0 aliphatic rings. The molecule has 0 saturated carbocycles. The molecule has 0 aliphatic heterocycles. The number of carboxylic acids is 1. The fourth-order valence-corrected chi connectivity index (χ4v) is 3.03. The predicted molar refractivity (Wildman–Crippen MR) is 85.1 cm³/mol. The minimum absolute atomic E-state index is 0.206. The topological polar surface area (TPSA) is 79.3 Å². The molecule has 5 nitrogen and oxygen atoms in total. The summed E-state index contributed by atoms with van der Waals surface area (Å²) in [6.45, 7) is 1.88. The van der Waals surface area contributed by atoms with E-state index in [1.807, 2.05) is 6.92 Å². The van der Waals surface area contributed by atoms with E-state index in [-0.39, 0.29) is 12.3 Å². The summed E-state index contributed by atoms with van der Waals surface area (Å²) in [6, 6.07) is 5.43. The zero-order valence-electron chi connectivity index (χ0n) is 11.9. The zero-order valence-corrected chi connectivity index (χ0v) is 13.4. The van der Waals surface area contributed by atoms with E-state index in [1.54, 1.807) is 29.8 Å². The number of carboxylic acid groups (broad SMARTS) is 1. The second-order valence-electron chi connectivity index (χ2n) is 4.72. The van der Waals surface area contributed by atoms with E-state index in [9.17, 15) is 14.7 Å². The van der Waals surface area contributed by atoms with Crippen LogP contribution < -0.4 is 5.32 Å². The van der Waals surface area contributed by atoms with Crippen molar-refractivity contribution in [3.05, 3.63) is 50.9 Å². The number of aliphatic carboxylic acids is 1. The third-order valence-corrected chi connectivity index (χ3v) is 4.53. The fraction of sp³-hybridized carbons (Fsp3) is 0.267. The van der Waals surface area contributed by atoms with Crippen LogP contribution >= 0.6 is 22.9 Å². The molecule has 0 aliphatic carbocycles. The van der Waals surface area contributed by atoms with E-state index >= 15 is 0 Å². The van der Waals surface area contributed by atoms with Crippen molar-refractivity contribution in [3.63, 3.8) is 0 Å². The Kier molecular flexibility index (Phi) is 5.51. The van der Waals surface area contributed by atoms with Crippen molar-refractivity contribution in [2.45, 2.75) is 25.8 Å². The molecule has 0 fully saturated rings. The molecule has 0 unspecified atom stereocenters. The first-order chi connectivity index (χ1) is 10.5. The van der Waals surface area contributed by atoms with E-state index in [1.165, 1.54) is 11.3 Å². The van der Waals surface area contributed by atoms with Crippen LogP contribution in [-0.4, -0.2) is 22.0 Å². The lowest BCUT2D eigenvalue weighted by molar-refractivity contribution is -0.142. The molecule has 1 aromatic carbocycles. The maximum Gasteiger partial charge on any atom is 0.330 e. The van der Waals surface area contributed by atoms with Gasteiger partial charge in [-0.05, 0) is 19.4 Å². The summed E-state index contributed by atoms with van der Waals surface area (Å²) in [6.07, 6.45) is 0.745. The third kappa shape index (κ3) is 4.05. The Labute approximate surface area is 137 Å². The number of thiazole rings is 1. The summed E-state index contributed by atoms with van der Waals surface area (Å²) in [5.41, 5.74) is 3.00. The molecule has 0 radical (unpaired) electrons. The molecule has 1 atom stereocenters. The molecule has 7 heteroatoms. The summed E-state index contributed by atoms with van der Waals surface area (Å²) < 4.78 is 0. The van der Waals surface area contributed by atoms with E-state index < -0.39 is 12.0 Å². The average molecular weight is 339 g/mol. The summed E-state index contributed by atoms with van der Waals surface area (Å²) in [4.78, 5) is 28.6. The predicted octanol–water partition coefficient (Wildman–Crippen LogP) is 2.98. The number of nitrogens with one attached hydrogen (secondary N) is 1. The van der Waals surface area contributed by atoms with E-state index in [0.29, 0.717) is 17.0 Å². The lowest BCUT2D eigenvalue weighted by atomic mass is 10.1. The van der Waals surface area contributed by atoms with Crippen molar-refractivity contribution < 1.29 is 14.7 Å². The van der Waals surface area contributed by atoms with Gasteiger partial charge in [0.25, 0.3) is 0 Å². The highest BCUT2D eigenvalue weighted by atomic mass is 35.5. The van der Waals surface area contributed by atoms with Crippen LogP contribution in [0.15, 0.2) is 29.8 Å². The first kappa shape index (κ1) is 16.5. The highest BCUT2D eigenvalue weighted by Crippen LogP contribution is 2.23. The largest absolute Gasteiger partial charge is 0.479 e. The third-order valence-electron chi connectivity index (χ3n) is 3.19. The normalized spacial score (nSPS) is 11.9. The number of rotatable bonds is 6. The standard InChI is InChI=1S/C15H15ClN2O3S/c1-9-12(22-8-17-9)6-7-13(19)18-14(15(20)21)10-4-2-3-5-11(10)16/h2-5,8,14H,6-7H2,1H3,(H,18,19)(H,20,21)/t14-/m0/s1. The molecular formula is C15H15ClN2O3S. The number of hydrogen-bond acceptors (Lipinski definition) is 4. The van der Waals surface area contributed by atoms with Gasteiger partial charge >= 0.3 is 5.97 Å². The first-order valence-electron chi connectivity index (χ1n) is 6.64. The summed E-state index contributed by atoms with van der Waals surface area (Å²) in [5.74, 6) is -1.48. The van der Waals surface area contributed by atoms with Crippen molar-refractivity contribution in [3.8, 4) is 0 Å². The number of aromatic nitrogens is 1. The molecule has 0 saturated heterocycles. The van der Waals surface area contributed by atoms with Gasteiger partial charge in [0.1, 0.15) is 0 Å². The quantitative estimate of drug-likeness (QED) is 0.848. The molecule has 116 valence electrons. The van der Waals surface area contributed by atoms with E-state index in [4.69, 9.17) is 11.6 Å². The average Bonchev–Trinajstić information content (AvgIpc) is 2.88. The molecule has 1 heterocycles. The van der Waals surface area contributed by atoms with Gasteiger partial charge < -0.3 is 10.4 Å². The van der Waals surface area contributed by atoms with Gasteiger partial charge in [0.15, 0.2) is 6.04 Å². The van der Waals surface area contributed by atoms with Crippen LogP contribution in [0.25, 0.3) is 0 Å². The van der Waals surface area contributed by atoms with Crippen LogP contribution in [0, 0.1) is 6.92 Å². The summed E-state index contributed by atoms with van der Waals surface area (Å²) >= 11 is 7.49. The lowest BCUT2D eigenvalue weighted by Crippen LogP contribution is -2.34. The molecule has 2 aromatic rings. The lowest BCUT2D eigenvalue weighted by Gasteiger charge is -2.16. The van der Waals surface area contributed by atoms with Crippen molar-refractivity contribution in [1.29, 1.82) is 0 Å². The summed E-state index contributed by atoms with van der Waals surface area (Å²) in [7, 11) is 0.